The fraction of sp³-hybridized carbons (Fsp3) is 0.471. The number of carbonyl (C=O) groups is 3. The molecule has 1 fully saturated rings. The molecule has 0 amide bonds. The van der Waals surface area contributed by atoms with Crippen LogP contribution in [0.15, 0.2) is 4.79 Å². The van der Waals surface area contributed by atoms with Gasteiger partial charge in [0.25, 0.3) is 5.56 Å². The summed E-state index contributed by atoms with van der Waals surface area (Å²) in [7, 11) is 0. The van der Waals surface area contributed by atoms with Gasteiger partial charge in [-0.1, -0.05) is 5.21 Å². The van der Waals surface area contributed by atoms with Gasteiger partial charge in [0, 0.05) is 20.8 Å². The van der Waals surface area contributed by atoms with Gasteiger partial charge in [-0.05, 0) is 12.2 Å². The first-order valence-corrected chi connectivity index (χ1v) is 9.67. The van der Waals surface area contributed by atoms with Crippen molar-refractivity contribution in [2.24, 2.45) is 5.73 Å². The molecule has 174 valence electrons. The van der Waals surface area contributed by atoms with Crippen LogP contribution < -0.4 is 11.3 Å². The highest BCUT2D eigenvalue weighted by atomic mass is 32.1. The monoisotopic (exact) mass is 479 g/mol. The Bertz CT molecular complexity index is 1250. The molecule has 33 heavy (non-hydrogen) atoms. The van der Waals surface area contributed by atoms with E-state index in [2.05, 4.69) is 15.4 Å². The van der Waals surface area contributed by atoms with Crippen LogP contribution in [-0.2, 0) is 33.3 Å². The average molecular weight is 479 g/mol. The molecule has 1 aliphatic rings. The van der Waals surface area contributed by atoms with Crippen LogP contribution in [0.1, 0.15) is 32.7 Å². The van der Waals surface area contributed by atoms with Crippen molar-refractivity contribution in [1.29, 1.82) is 5.26 Å². The van der Waals surface area contributed by atoms with Crippen molar-refractivity contribution in [1.82, 2.24) is 24.8 Å². The lowest BCUT2D eigenvalue weighted by atomic mass is 10.1. The van der Waals surface area contributed by atoms with Gasteiger partial charge in [0.2, 0.25) is 0 Å². The first kappa shape index (κ1) is 23.7. The Morgan fingerprint density at radius 1 is 1.18 bits per heavy atom. The quantitative estimate of drug-likeness (QED) is 0.288. The molecule has 3 rings (SSSR count). The topological polar surface area (TPSA) is 204 Å². The molecule has 4 atom stereocenters. The molecule has 3 heterocycles. The van der Waals surface area contributed by atoms with Crippen LogP contribution in [-0.4, -0.2) is 72.7 Å². The number of nitriles is 1. The third-order valence-electron chi connectivity index (χ3n) is 4.41. The zero-order chi connectivity index (χ0) is 24.4. The maximum Gasteiger partial charge on any atom is 0.303 e. The largest absolute Gasteiger partial charge is 0.463 e. The van der Waals surface area contributed by atoms with Gasteiger partial charge in [-0.3, -0.25) is 19.2 Å². The van der Waals surface area contributed by atoms with Crippen LogP contribution >= 0.6 is 12.2 Å². The fourth-order valence-corrected chi connectivity index (χ4v) is 3.36. The normalized spacial score (nSPS) is 21.9. The third kappa shape index (κ3) is 4.63. The molecular formula is C17H17N7O8S. The molecule has 4 unspecified atom stereocenters. The van der Waals surface area contributed by atoms with Crippen molar-refractivity contribution in [2.45, 2.75) is 45.3 Å². The Kier molecular flexibility index (Phi) is 6.65. The molecule has 0 aromatic carbocycles. The summed E-state index contributed by atoms with van der Waals surface area (Å²) in [6.45, 7) is 2.99. The van der Waals surface area contributed by atoms with Crippen molar-refractivity contribution in [3.05, 3.63) is 16.0 Å². The van der Waals surface area contributed by atoms with Gasteiger partial charge < -0.3 is 24.7 Å². The molecule has 0 aliphatic carbocycles. The highest BCUT2D eigenvalue weighted by molar-refractivity contribution is 7.80. The number of fused-ring (bicyclic) bond motifs is 1. The molecule has 0 bridgehead atoms. The van der Waals surface area contributed by atoms with E-state index in [1.54, 1.807) is 6.07 Å². The van der Waals surface area contributed by atoms with E-state index < -0.39 is 48.0 Å². The summed E-state index contributed by atoms with van der Waals surface area (Å²) in [6, 6.07) is 1.76. The second kappa shape index (κ2) is 9.26. The van der Waals surface area contributed by atoms with Crippen LogP contribution in [0.2, 0.25) is 0 Å². The zero-order valence-electron chi connectivity index (χ0n) is 17.5. The van der Waals surface area contributed by atoms with Crippen molar-refractivity contribution in [3.63, 3.8) is 0 Å². The van der Waals surface area contributed by atoms with E-state index in [1.807, 2.05) is 0 Å². The molecular weight excluding hydrogens is 462 g/mol. The van der Waals surface area contributed by atoms with Crippen molar-refractivity contribution >= 4 is 46.3 Å². The SMILES string of the molecule is CC(=O)OCC1OC(n2nnc3c(C#N)nn(C(N)=S)c3c2=O)C(OC(C)=O)C1OC(C)=O. The molecule has 1 aliphatic heterocycles. The van der Waals surface area contributed by atoms with Gasteiger partial charge in [-0.25, -0.2) is 0 Å². The minimum atomic E-state index is -1.46. The molecule has 16 heteroatoms. The molecule has 2 aromatic heterocycles. The number of hydrogen-bond donors (Lipinski definition) is 1. The van der Waals surface area contributed by atoms with E-state index in [0.29, 0.717) is 4.68 Å². The molecule has 0 spiro atoms. The number of hydrogen-bond acceptors (Lipinski definition) is 13. The maximum absolute atomic E-state index is 13.3. The van der Waals surface area contributed by atoms with Crippen LogP contribution in [0.5, 0.6) is 0 Å². The summed E-state index contributed by atoms with van der Waals surface area (Å²) in [5, 5.41) is 20.4. The Labute approximate surface area is 189 Å². The van der Waals surface area contributed by atoms with Crippen LogP contribution in [0.25, 0.3) is 11.0 Å². The fourth-order valence-electron chi connectivity index (χ4n) is 3.23. The molecule has 0 radical (unpaired) electrons. The van der Waals surface area contributed by atoms with E-state index in [-0.39, 0.29) is 28.4 Å². The highest BCUT2D eigenvalue weighted by Gasteiger charge is 2.51. The summed E-state index contributed by atoms with van der Waals surface area (Å²) < 4.78 is 22.7. The summed E-state index contributed by atoms with van der Waals surface area (Å²) in [6.07, 6.45) is -5.20. The second-order valence-electron chi connectivity index (χ2n) is 6.76. The number of aromatic nitrogens is 5. The maximum atomic E-state index is 13.3. The predicted molar refractivity (Wildman–Crippen MR) is 108 cm³/mol. The van der Waals surface area contributed by atoms with E-state index in [1.165, 1.54) is 0 Å². The number of carbonyl (C=O) groups excluding carboxylic acids is 3. The van der Waals surface area contributed by atoms with Gasteiger partial charge in [0.1, 0.15) is 18.8 Å². The van der Waals surface area contributed by atoms with Gasteiger partial charge in [-0.15, -0.1) is 5.10 Å². The first-order valence-electron chi connectivity index (χ1n) is 9.26. The van der Waals surface area contributed by atoms with E-state index in [0.717, 1.165) is 25.5 Å². The number of thiocarbonyl (C=S) groups is 1. The van der Waals surface area contributed by atoms with Crippen LogP contribution in [0, 0.1) is 11.3 Å². The number of esters is 3. The van der Waals surface area contributed by atoms with Crippen molar-refractivity contribution in [2.75, 3.05) is 6.61 Å². The summed E-state index contributed by atoms with van der Waals surface area (Å²) in [4.78, 5) is 47.9. The number of nitrogens with zero attached hydrogens (tertiary/aromatic N) is 6. The van der Waals surface area contributed by atoms with Crippen LogP contribution in [0.3, 0.4) is 0 Å². The first-order chi connectivity index (χ1) is 15.5. The molecule has 0 saturated carbocycles. The standard InChI is InChI=1S/C17H17N7O8S/c1-6(25)29-5-10-13(30-7(2)26)14(31-8(3)27)16(32-10)24-15(28)12-11(20-22-24)9(4-18)21-23(12)17(19)33/h10,13-14,16H,5H2,1-3H3,(H2,19,33). The number of nitrogens with two attached hydrogens (primary N) is 1. The average Bonchev–Trinajstić information content (AvgIpc) is 3.25. The summed E-state index contributed by atoms with van der Waals surface area (Å²) in [5.41, 5.74) is 4.03. The van der Waals surface area contributed by atoms with E-state index >= 15 is 0 Å². The third-order valence-corrected chi connectivity index (χ3v) is 4.58. The minimum Gasteiger partial charge on any atom is -0.463 e. The van der Waals surface area contributed by atoms with E-state index in [4.69, 9.17) is 36.9 Å². The van der Waals surface area contributed by atoms with Crippen molar-refractivity contribution < 1.29 is 33.3 Å². The zero-order valence-corrected chi connectivity index (χ0v) is 18.3. The second-order valence-corrected chi connectivity index (χ2v) is 7.18. The van der Waals surface area contributed by atoms with Gasteiger partial charge >= 0.3 is 17.9 Å². The molecule has 15 nitrogen and oxygen atoms in total. The van der Waals surface area contributed by atoms with Crippen LogP contribution in [0.4, 0.5) is 0 Å². The van der Waals surface area contributed by atoms with Crippen molar-refractivity contribution in [3.8, 4) is 6.07 Å². The Morgan fingerprint density at radius 2 is 1.82 bits per heavy atom. The van der Waals surface area contributed by atoms with Gasteiger partial charge in [0.15, 0.2) is 40.3 Å². The molecule has 2 aromatic rings. The minimum absolute atomic E-state index is 0.165. The molecule has 2 N–H and O–H groups in total. The smallest absolute Gasteiger partial charge is 0.303 e. The number of ether oxygens (including phenoxy) is 4. The van der Waals surface area contributed by atoms with Gasteiger partial charge in [-0.2, -0.15) is 19.7 Å². The lowest BCUT2D eigenvalue weighted by Gasteiger charge is -2.23. The van der Waals surface area contributed by atoms with Gasteiger partial charge in [0.05, 0.1) is 0 Å². The summed E-state index contributed by atoms with van der Waals surface area (Å²) in [5.74, 6) is -2.16. The summed E-state index contributed by atoms with van der Waals surface area (Å²) >= 11 is 4.88. The lowest BCUT2D eigenvalue weighted by molar-refractivity contribution is -0.166. The Balaban J connectivity index is 2.15. The predicted octanol–water partition coefficient (Wildman–Crippen LogP) is -1.72. The number of rotatable bonds is 5. The highest BCUT2D eigenvalue weighted by Crippen LogP contribution is 2.33. The molecule has 1 saturated heterocycles. The Morgan fingerprint density at radius 3 is 2.36 bits per heavy atom. The van der Waals surface area contributed by atoms with E-state index in [9.17, 15) is 24.4 Å². The Hall–Kier alpha value is -3.97. The lowest BCUT2D eigenvalue weighted by Crippen LogP contribution is -2.42.